The number of methoxy groups -OCH3 is 2. The molecule has 0 radical (unpaired) electrons. The van der Waals surface area contributed by atoms with Crippen molar-refractivity contribution in [3.63, 3.8) is 0 Å². The van der Waals surface area contributed by atoms with Gasteiger partial charge in [-0.15, -0.1) is 0 Å². The van der Waals surface area contributed by atoms with Gasteiger partial charge in [0.1, 0.15) is 17.3 Å². The van der Waals surface area contributed by atoms with E-state index in [1.807, 2.05) is 42.5 Å². The van der Waals surface area contributed by atoms with Gasteiger partial charge in [0.15, 0.2) is 0 Å². The summed E-state index contributed by atoms with van der Waals surface area (Å²) in [6, 6.07) is 11.8. The Morgan fingerprint density at radius 2 is 1.93 bits per heavy atom. The number of aromatic nitrogens is 2. The van der Waals surface area contributed by atoms with Gasteiger partial charge >= 0.3 is 0 Å². The number of benzene rings is 2. The normalized spacial score (nSPS) is 17.1. The minimum atomic E-state index is 0.00712. The summed E-state index contributed by atoms with van der Waals surface area (Å²) >= 11 is 0. The second-order valence-electron chi connectivity index (χ2n) is 6.94. The van der Waals surface area contributed by atoms with E-state index >= 15 is 0 Å². The first kappa shape index (κ1) is 18.3. The molecule has 2 aromatic carbocycles. The van der Waals surface area contributed by atoms with Gasteiger partial charge in [0.05, 0.1) is 36.6 Å². The number of halogens is 1. The van der Waals surface area contributed by atoms with Crippen LogP contribution in [0.5, 0.6) is 11.5 Å². The van der Waals surface area contributed by atoms with E-state index in [1.54, 1.807) is 20.3 Å². The van der Waals surface area contributed by atoms with Gasteiger partial charge < -0.3 is 14.5 Å². The van der Waals surface area contributed by atoms with Crippen LogP contribution in [0.25, 0.3) is 28.2 Å². The average Bonchev–Trinajstić information content (AvgIpc) is 3.14. The molecule has 4 rings (SSSR count). The van der Waals surface area contributed by atoms with Gasteiger partial charge in [0, 0.05) is 0 Å². The summed E-state index contributed by atoms with van der Waals surface area (Å²) in [5.41, 5.74) is 3.73. The Kier molecular flexibility index (Phi) is 5.15. The van der Waals surface area contributed by atoms with Gasteiger partial charge in [-0.1, -0.05) is 24.3 Å². The van der Waals surface area contributed by atoms with Crippen LogP contribution in [-0.2, 0) is 0 Å². The molecule has 1 N–H and O–H groups in total. The van der Waals surface area contributed by atoms with E-state index in [-0.39, 0.29) is 5.83 Å². The van der Waals surface area contributed by atoms with Crippen molar-refractivity contribution < 1.29 is 13.9 Å². The molecule has 1 heterocycles. The molecule has 0 saturated heterocycles. The molecule has 28 heavy (non-hydrogen) atoms. The summed E-state index contributed by atoms with van der Waals surface area (Å²) in [6.45, 7) is 0. The fourth-order valence-electron chi connectivity index (χ4n) is 3.62. The first-order valence-corrected chi connectivity index (χ1v) is 9.42. The van der Waals surface area contributed by atoms with E-state index in [0.29, 0.717) is 12.3 Å². The molecule has 0 amide bonds. The zero-order valence-electron chi connectivity index (χ0n) is 16.0. The molecule has 1 aliphatic carbocycles. The van der Waals surface area contributed by atoms with Crippen LogP contribution in [0, 0.1) is 5.92 Å². The molecule has 0 saturated carbocycles. The largest absolute Gasteiger partial charge is 0.496 e. The third-order valence-electron chi connectivity index (χ3n) is 5.14. The maximum absolute atomic E-state index is 13.1. The maximum atomic E-state index is 13.1. The highest BCUT2D eigenvalue weighted by molar-refractivity contribution is 5.86. The number of nitrogens with zero attached hydrogens (tertiary/aromatic N) is 1. The fourth-order valence-corrected chi connectivity index (χ4v) is 3.62. The summed E-state index contributed by atoms with van der Waals surface area (Å²) in [4.78, 5) is 8.03. The molecule has 1 aliphatic rings. The van der Waals surface area contributed by atoms with Gasteiger partial charge in [-0.25, -0.2) is 9.37 Å². The van der Waals surface area contributed by atoms with Crippen molar-refractivity contribution in [1.82, 2.24) is 9.97 Å². The Bertz CT molecular complexity index is 1030. The van der Waals surface area contributed by atoms with E-state index in [4.69, 9.17) is 14.5 Å². The fraction of sp³-hybridized carbons (Fsp3) is 0.261. The number of hydrogen-bond acceptors (Lipinski definition) is 3. The Morgan fingerprint density at radius 3 is 2.61 bits per heavy atom. The second kappa shape index (κ2) is 7.89. The SMILES string of the molecule is COc1cccc(OC)c1-c1ccc2[nH]c(/C=C/C3CC=C(F)CC3)nc2c1. The van der Waals surface area contributed by atoms with Crippen LogP contribution < -0.4 is 9.47 Å². The predicted octanol–water partition coefficient (Wildman–Crippen LogP) is 5.91. The smallest absolute Gasteiger partial charge is 0.130 e. The van der Waals surface area contributed by atoms with Crippen molar-refractivity contribution in [1.29, 1.82) is 0 Å². The Morgan fingerprint density at radius 1 is 1.14 bits per heavy atom. The lowest BCUT2D eigenvalue weighted by Crippen LogP contribution is -2.00. The first-order valence-electron chi connectivity index (χ1n) is 9.42. The molecule has 0 aliphatic heterocycles. The zero-order valence-corrected chi connectivity index (χ0v) is 16.0. The predicted molar refractivity (Wildman–Crippen MR) is 110 cm³/mol. The summed E-state index contributed by atoms with van der Waals surface area (Å²) < 4.78 is 24.2. The minimum Gasteiger partial charge on any atom is -0.496 e. The van der Waals surface area contributed by atoms with Crippen molar-refractivity contribution >= 4 is 17.1 Å². The summed E-state index contributed by atoms with van der Waals surface area (Å²) in [6.07, 6.45) is 7.91. The standard InChI is InChI=1S/C23H23FN2O2/c1-27-20-4-3-5-21(28-2)23(20)16-9-12-18-19(14-16)26-22(25-18)13-8-15-6-10-17(24)11-7-15/h3-5,8-10,12-15H,6-7,11H2,1-2H3,(H,25,26)/b13-8+. The van der Waals surface area contributed by atoms with Crippen molar-refractivity contribution in [3.05, 3.63) is 60.2 Å². The number of fused-ring (bicyclic) bond motifs is 1. The highest BCUT2D eigenvalue weighted by atomic mass is 19.1. The lowest BCUT2D eigenvalue weighted by molar-refractivity contribution is 0.397. The molecule has 4 nitrogen and oxygen atoms in total. The van der Waals surface area contributed by atoms with Crippen LogP contribution in [0.15, 0.2) is 54.4 Å². The van der Waals surface area contributed by atoms with Gasteiger partial charge in [-0.05, 0) is 61.1 Å². The molecule has 5 heteroatoms. The number of ether oxygens (including phenoxy) is 2. The second-order valence-corrected chi connectivity index (χ2v) is 6.94. The molecule has 3 aromatic rings. The number of H-pyrrole nitrogens is 1. The van der Waals surface area contributed by atoms with Crippen LogP contribution in [0.2, 0.25) is 0 Å². The maximum Gasteiger partial charge on any atom is 0.130 e. The molecule has 0 fully saturated rings. The Balaban J connectivity index is 1.64. The minimum absolute atomic E-state index is 0.00712. The number of allylic oxidation sites excluding steroid dienone is 3. The van der Waals surface area contributed by atoms with Gasteiger partial charge in [-0.2, -0.15) is 0 Å². The number of aromatic amines is 1. The third-order valence-corrected chi connectivity index (χ3v) is 5.14. The zero-order chi connectivity index (χ0) is 19.5. The van der Waals surface area contributed by atoms with Crippen LogP contribution in [-0.4, -0.2) is 24.2 Å². The lowest BCUT2D eigenvalue weighted by Gasteiger charge is -2.14. The highest BCUT2D eigenvalue weighted by Crippen LogP contribution is 2.39. The molecule has 1 atom stereocenters. The van der Waals surface area contributed by atoms with Crippen LogP contribution in [0.4, 0.5) is 4.39 Å². The monoisotopic (exact) mass is 378 g/mol. The average molecular weight is 378 g/mol. The van der Waals surface area contributed by atoms with E-state index in [2.05, 4.69) is 11.1 Å². The van der Waals surface area contributed by atoms with Gasteiger partial charge in [0.25, 0.3) is 0 Å². The lowest BCUT2D eigenvalue weighted by atomic mass is 9.93. The highest BCUT2D eigenvalue weighted by Gasteiger charge is 2.14. The number of hydrogen-bond donors (Lipinski definition) is 1. The number of rotatable bonds is 5. The van der Waals surface area contributed by atoms with E-state index in [1.165, 1.54) is 0 Å². The topological polar surface area (TPSA) is 47.1 Å². The van der Waals surface area contributed by atoms with Crippen molar-refractivity contribution in [2.45, 2.75) is 19.3 Å². The summed E-state index contributed by atoms with van der Waals surface area (Å²) in [7, 11) is 3.31. The molecule has 1 unspecified atom stereocenters. The first-order chi connectivity index (χ1) is 13.7. The summed E-state index contributed by atoms with van der Waals surface area (Å²) in [5, 5.41) is 0. The quantitative estimate of drug-likeness (QED) is 0.600. The summed E-state index contributed by atoms with van der Waals surface area (Å²) in [5.74, 6) is 2.68. The van der Waals surface area contributed by atoms with Crippen LogP contribution in [0.1, 0.15) is 25.1 Å². The Labute approximate surface area is 163 Å². The van der Waals surface area contributed by atoms with Gasteiger partial charge in [-0.3, -0.25) is 0 Å². The van der Waals surface area contributed by atoms with E-state index < -0.39 is 0 Å². The van der Waals surface area contributed by atoms with Gasteiger partial charge in [0.2, 0.25) is 0 Å². The Hall–Kier alpha value is -3.08. The van der Waals surface area contributed by atoms with Crippen molar-refractivity contribution in [3.8, 4) is 22.6 Å². The molecule has 0 spiro atoms. The van der Waals surface area contributed by atoms with Crippen molar-refractivity contribution in [2.24, 2.45) is 5.92 Å². The molecule has 0 bridgehead atoms. The molecule has 144 valence electrons. The van der Waals surface area contributed by atoms with Crippen molar-refractivity contribution in [2.75, 3.05) is 14.2 Å². The molecular formula is C23H23FN2O2. The van der Waals surface area contributed by atoms with E-state index in [0.717, 1.165) is 52.3 Å². The third kappa shape index (κ3) is 3.65. The van der Waals surface area contributed by atoms with E-state index in [9.17, 15) is 4.39 Å². The molecule has 1 aromatic heterocycles. The molecular weight excluding hydrogens is 355 g/mol. The van der Waals surface area contributed by atoms with Crippen LogP contribution >= 0.6 is 0 Å². The van der Waals surface area contributed by atoms with Crippen LogP contribution in [0.3, 0.4) is 0 Å². The number of nitrogens with one attached hydrogen (secondary N) is 1. The number of imidazole rings is 1.